The summed E-state index contributed by atoms with van der Waals surface area (Å²) >= 11 is 10.3. The van der Waals surface area contributed by atoms with Crippen LogP contribution < -0.4 is 21.2 Å². The first-order chi connectivity index (χ1) is 5.93. The topological polar surface area (TPSA) is 9.23 Å². The van der Waals surface area contributed by atoms with Gasteiger partial charge in [0, 0.05) is 0 Å². The zero-order valence-electron chi connectivity index (χ0n) is 7.92. The van der Waals surface area contributed by atoms with E-state index in [1.165, 1.54) is 10.8 Å². The Hall–Kier alpha value is 2.42. The van der Waals surface area contributed by atoms with Crippen LogP contribution in [0.3, 0.4) is 0 Å². The summed E-state index contributed by atoms with van der Waals surface area (Å²) < 4.78 is 7.57. The van der Waals surface area contributed by atoms with E-state index in [2.05, 4.69) is 41.1 Å². The molecule has 80 valence electrons. The second kappa shape index (κ2) is 5.17. The molecule has 0 amide bonds. The standard InChI is InChI=1S/C7H14I2OPS2/c1-6-4-7(5-8,9-2)13-11(3,12)10-6/h6H,4-5H2,1-3H3/q-1. The van der Waals surface area contributed by atoms with Crippen molar-refractivity contribution in [1.82, 2.24) is 0 Å². The molecule has 6 heteroatoms. The maximum atomic E-state index is 5.84. The van der Waals surface area contributed by atoms with Gasteiger partial charge in [0.25, 0.3) is 0 Å². The number of hydrogen-bond acceptors (Lipinski definition) is 3. The van der Waals surface area contributed by atoms with Gasteiger partial charge in [-0.05, 0) is 0 Å². The minimum atomic E-state index is -1.52. The first kappa shape index (κ1) is 13.5. The monoisotopic (exact) mass is 463 g/mol. The SMILES string of the molecule is C[I-]C1(CI)CC(C)OP(C)(=S)S1. The molecule has 0 bridgehead atoms. The van der Waals surface area contributed by atoms with Gasteiger partial charge in [0.05, 0.1) is 0 Å². The van der Waals surface area contributed by atoms with Crippen molar-refractivity contribution >= 4 is 51.2 Å². The Labute approximate surface area is 114 Å². The molecular formula is C7H14I2OPS2-. The second-order valence-electron chi connectivity index (χ2n) is 3.19. The Kier molecular flexibility index (Phi) is 5.36. The van der Waals surface area contributed by atoms with Crippen molar-refractivity contribution in [1.29, 1.82) is 0 Å². The van der Waals surface area contributed by atoms with Crippen LogP contribution in [0, 0.1) is 0 Å². The number of hydrogen-bond donors (Lipinski definition) is 0. The van der Waals surface area contributed by atoms with Crippen molar-refractivity contribution in [3.05, 3.63) is 0 Å². The third-order valence-corrected chi connectivity index (χ3v) is 15.6. The average molecular weight is 463 g/mol. The normalized spacial score (nSPS) is 46.6. The van der Waals surface area contributed by atoms with Gasteiger partial charge in [-0.1, -0.05) is 0 Å². The maximum absolute atomic E-state index is 5.84. The van der Waals surface area contributed by atoms with Gasteiger partial charge in [-0.25, -0.2) is 0 Å². The van der Waals surface area contributed by atoms with E-state index in [1.807, 2.05) is 11.4 Å². The van der Waals surface area contributed by atoms with E-state index >= 15 is 0 Å². The van der Waals surface area contributed by atoms with Crippen LogP contribution in [0.15, 0.2) is 0 Å². The second-order valence-corrected chi connectivity index (χ2v) is 16.0. The first-order valence-corrected chi connectivity index (χ1v) is 13.3. The van der Waals surface area contributed by atoms with E-state index in [0.29, 0.717) is 8.86 Å². The fourth-order valence-corrected chi connectivity index (χ4v) is 19.0. The average Bonchev–Trinajstić information content (AvgIpc) is 2.00. The van der Waals surface area contributed by atoms with E-state index in [1.54, 1.807) is 0 Å². The van der Waals surface area contributed by atoms with Gasteiger partial charge in [-0.3, -0.25) is 0 Å². The van der Waals surface area contributed by atoms with E-state index in [-0.39, 0.29) is 21.2 Å². The summed E-state index contributed by atoms with van der Waals surface area (Å²) in [6, 6.07) is 0. The molecule has 0 aliphatic carbocycles. The Morgan fingerprint density at radius 1 is 1.85 bits per heavy atom. The molecule has 3 atom stereocenters. The molecule has 0 N–H and O–H groups in total. The first-order valence-electron chi connectivity index (χ1n) is 3.96. The predicted octanol–water partition coefficient (Wildman–Crippen LogP) is 0.318. The molecule has 1 rings (SSSR count). The third kappa shape index (κ3) is 3.73. The van der Waals surface area contributed by atoms with Gasteiger partial charge in [-0.2, -0.15) is 0 Å². The van der Waals surface area contributed by atoms with Crippen LogP contribution in [0.25, 0.3) is 0 Å². The molecule has 0 aromatic heterocycles. The van der Waals surface area contributed by atoms with Crippen molar-refractivity contribution in [2.24, 2.45) is 0 Å². The molecule has 0 aromatic carbocycles. The van der Waals surface area contributed by atoms with Crippen molar-refractivity contribution < 1.29 is 25.7 Å². The van der Waals surface area contributed by atoms with Crippen LogP contribution in [0.4, 0.5) is 0 Å². The van der Waals surface area contributed by atoms with Crippen molar-refractivity contribution in [3.8, 4) is 0 Å². The van der Waals surface area contributed by atoms with Crippen LogP contribution in [0.1, 0.15) is 13.3 Å². The molecule has 0 saturated carbocycles. The molecule has 1 saturated heterocycles. The van der Waals surface area contributed by atoms with Crippen LogP contribution in [-0.2, 0) is 16.3 Å². The zero-order valence-corrected chi connectivity index (χ0v) is 14.8. The fraction of sp³-hybridized carbons (Fsp3) is 1.00. The van der Waals surface area contributed by atoms with Gasteiger partial charge < -0.3 is 0 Å². The number of rotatable bonds is 2. The molecule has 0 radical (unpaired) electrons. The Morgan fingerprint density at radius 3 is 2.85 bits per heavy atom. The van der Waals surface area contributed by atoms with Gasteiger partial charge in [0.2, 0.25) is 0 Å². The zero-order chi connectivity index (χ0) is 10.1. The molecule has 1 aliphatic heterocycles. The molecule has 1 aliphatic rings. The minimum absolute atomic E-state index is 0.249. The van der Waals surface area contributed by atoms with Gasteiger partial charge in [0.1, 0.15) is 0 Å². The predicted molar refractivity (Wildman–Crippen MR) is 70.5 cm³/mol. The van der Waals surface area contributed by atoms with Crippen LogP contribution in [0.5, 0.6) is 0 Å². The van der Waals surface area contributed by atoms with Crippen molar-refractivity contribution in [2.45, 2.75) is 22.2 Å². The third-order valence-electron chi connectivity index (χ3n) is 1.84. The van der Waals surface area contributed by atoms with Crippen LogP contribution in [-0.4, -0.2) is 24.9 Å². The molecule has 13 heavy (non-hydrogen) atoms. The molecule has 3 unspecified atom stereocenters. The Morgan fingerprint density at radius 2 is 2.46 bits per heavy atom. The molecular weight excluding hydrogens is 449 g/mol. The molecule has 1 fully saturated rings. The number of alkyl halides is 3. The van der Waals surface area contributed by atoms with Gasteiger partial charge >= 0.3 is 115 Å². The quantitative estimate of drug-likeness (QED) is 0.332. The van der Waals surface area contributed by atoms with E-state index in [0.717, 1.165) is 0 Å². The van der Waals surface area contributed by atoms with Crippen molar-refractivity contribution in [3.63, 3.8) is 0 Å². The van der Waals surface area contributed by atoms with Gasteiger partial charge in [0.15, 0.2) is 0 Å². The summed E-state index contributed by atoms with van der Waals surface area (Å²) in [6.45, 7) is 4.30. The molecule has 0 aromatic rings. The fourth-order valence-electron chi connectivity index (χ4n) is 1.39. The summed E-state index contributed by atoms with van der Waals surface area (Å²) in [5, 5.41) is 0. The summed E-state index contributed by atoms with van der Waals surface area (Å²) in [5.41, 5.74) is -1.52. The molecule has 1 nitrogen and oxygen atoms in total. The van der Waals surface area contributed by atoms with E-state index < -0.39 is 5.47 Å². The molecule has 0 spiro atoms. The Bertz CT molecular complexity index is 233. The van der Waals surface area contributed by atoms with Gasteiger partial charge in [-0.15, -0.1) is 0 Å². The summed E-state index contributed by atoms with van der Waals surface area (Å²) in [7, 11) is 0. The van der Waals surface area contributed by atoms with Crippen molar-refractivity contribution in [2.75, 3.05) is 16.0 Å². The summed E-state index contributed by atoms with van der Waals surface area (Å²) in [6.07, 6.45) is 1.59. The van der Waals surface area contributed by atoms with Crippen LogP contribution >= 0.6 is 39.4 Å². The summed E-state index contributed by atoms with van der Waals surface area (Å²) in [5.74, 6) is 0. The number of halogens is 2. The van der Waals surface area contributed by atoms with Crippen LogP contribution in [0.2, 0.25) is 0 Å². The Balaban J connectivity index is 2.82. The molecule has 1 heterocycles. The van der Waals surface area contributed by atoms with E-state index in [9.17, 15) is 0 Å². The van der Waals surface area contributed by atoms with E-state index in [4.69, 9.17) is 16.3 Å². The summed E-state index contributed by atoms with van der Waals surface area (Å²) in [4.78, 5) is 2.37.